The standard InChI is InChI=1S/C9H9FN2/c1-8(10)4-5-9(2)12-7-3-6-11-12/h3-7H,1-2H2/b5-4-. The van der Waals surface area contributed by atoms with Gasteiger partial charge in [0.1, 0.15) is 5.83 Å². The summed E-state index contributed by atoms with van der Waals surface area (Å²) in [6.07, 6.45) is 6.11. The van der Waals surface area contributed by atoms with Crippen LogP contribution in [-0.2, 0) is 0 Å². The van der Waals surface area contributed by atoms with Crippen LogP contribution in [0, 0.1) is 0 Å². The van der Waals surface area contributed by atoms with Crippen LogP contribution >= 0.6 is 0 Å². The van der Waals surface area contributed by atoms with Gasteiger partial charge in [0, 0.05) is 12.4 Å². The fourth-order valence-electron chi connectivity index (χ4n) is 0.702. The normalized spacial score (nSPS) is 10.4. The van der Waals surface area contributed by atoms with Gasteiger partial charge in [0.05, 0.1) is 5.70 Å². The van der Waals surface area contributed by atoms with E-state index in [1.165, 1.54) is 12.2 Å². The number of aromatic nitrogens is 2. The van der Waals surface area contributed by atoms with Gasteiger partial charge in [-0.3, -0.25) is 0 Å². The summed E-state index contributed by atoms with van der Waals surface area (Å²) in [5.41, 5.74) is 0.596. The van der Waals surface area contributed by atoms with Crippen molar-refractivity contribution in [3.8, 4) is 0 Å². The monoisotopic (exact) mass is 164 g/mol. The Hall–Kier alpha value is -1.64. The van der Waals surface area contributed by atoms with Gasteiger partial charge in [0.2, 0.25) is 0 Å². The van der Waals surface area contributed by atoms with Crippen molar-refractivity contribution in [2.45, 2.75) is 0 Å². The van der Waals surface area contributed by atoms with E-state index in [0.29, 0.717) is 5.70 Å². The summed E-state index contributed by atoms with van der Waals surface area (Å²) in [5, 5.41) is 3.91. The quantitative estimate of drug-likeness (QED) is 0.627. The smallest absolute Gasteiger partial charge is 0.116 e. The molecule has 0 aliphatic heterocycles. The molecule has 0 saturated carbocycles. The largest absolute Gasteiger partial charge is 0.242 e. The van der Waals surface area contributed by atoms with Gasteiger partial charge < -0.3 is 0 Å². The zero-order chi connectivity index (χ0) is 8.97. The van der Waals surface area contributed by atoms with E-state index in [9.17, 15) is 4.39 Å². The second-order valence-electron chi connectivity index (χ2n) is 2.22. The topological polar surface area (TPSA) is 17.8 Å². The van der Waals surface area contributed by atoms with Gasteiger partial charge in [-0.05, 0) is 18.2 Å². The Balaban J connectivity index is 2.68. The fourth-order valence-corrected chi connectivity index (χ4v) is 0.702. The molecule has 3 heteroatoms. The van der Waals surface area contributed by atoms with Crippen molar-refractivity contribution < 1.29 is 4.39 Å². The Morgan fingerprint density at radius 3 is 2.67 bits per heavy atom. The second kappa shape index (κ2) is 3.67. The van der Waals surface area contributed by atoms with Gasteiger partial charge in [-0.1, -0.05) is 13.2 Å². The molecule has 0 unspecified atom stereocenters. The fraction of sp³-hybridized carbons (Fsp3) is 0. The van der Waals surface area contributed by atoms with Crippen molar-refractivity contribution in [1.82, 2.24) is 9.78 Å². The number of rotatable bonds is 3. The summed E-state index contributed by atoms with van der Waals surface area (Å²) < 4.78 is 13.7. The number of allylic oxidation sites excluding steroid dienone is 4. The Labute approximate surface area is 70.3 Å². The molecule has 1 rings (SSSR count). The minimum atomic E-state index is -0.497. The van der Waals surface area contributed by atoms with Crippen molar-refractivity contribution in [3.63, 3.8) is 0 Å². The van der Waals surface area contributed by atoms with Gasteiger partial charge in [-0.2, -0.15) is 5.10 Å². The van der Waals surface area contributed by atoms with E-state index in [0.717, 1.165) is 0 Å². The number of hydrogen-bond donors (Lipinski definition) is 0. The summed E-state index contributed by atoms with van der Waals surface area (Å²) in [5.74, 6) is -0.497. The lowest BCUT2D eigenvalue weighted by molar-refractivity contribution is 0.671. The van der Waals surface area contributed by atoms with Crippen LogP contribution in [0.4, 0.5) is 4.39 Å². The molecular weight excluding hydrogens is 155 g/mol. The van der Waals surface area contributed by atoms with E-state index in [4.69, 9.17) is 0 Å². The summed E-state index contributed by atoms with van der Waals surface area (Å²) >= 11 is 0. The highest BCUT2D eigenvalue weighted by atomic mass is 19.1. The van der Waals surface area contributed by atoms with E-state index in [-0.39, 0.29) is 0 Å². The van der Waals surface area contributed by atoms with Crippen molar-refractivity contribution in [2.24, 2.45) is 0 Å². The van der Waals surface area contributed by atoms with Crippen LogP contribution in [0.5, 0.6) is 0 Å². The lowest BCUT2D eigenvalue weighted by Gasteiger charge is -1.97. The Bertz CT molecular complexity index is 309. The van der Waals surface area contributed by atoms with Gasteiger partial charge in [-0.15, -0.1) is 0 Å². The van der Waals surface area contributed by atoms with Crippen LogP contribution in [0.15, 0.2) is 49.6 Å². The average molecular weight is 164 g/mol. The molecule has 62 valence electrons. The third-order valence-corrected chi connectivity index (χ3v) is 1.26. The molecule has 1 aromatic heterocycles. The highest BCUT2D eigenvalue weighted by Gasteiger charge is 1.90. The molecule has 0 aliphatic carbocycles. The molecule has 0 fully saturated rings. The molecule has 2 nitrogen and oxygen atoms in total. The molecule has 0 aromatic carbocycles. The zero-order valence-corrected chi connectivity index (χ0v) is 6.57. The van der Waals surface area contributed by atoms with E-state index in [1.807, 2.05) is 0 Å². The van der Waals surface area contributed by atoms with E-state index in [2.05, 4.69) is 18.3 Å². The maximum Gasteiger partial charge on any atom is 0.116 e. The van der Waals surface area contributed by atoms with Crippen molar-refractivity contribution in [1.29, 1.82) is 0 Å². The predicted octanol–water partition coefficient (Wildman–Crippen LogP) is 2.39. The number of hydrogen-bond acceptors (Lipinski definition) is 1. The highest BCUT2D eigenvalue weighted by molar-refractivity contribution is 5.53. The first-order valence-electron chi connectivity index (χ1n) is 3.41. The number of nitrogens with zero attached hydrogens (tertiary/aromatic N) is 2. The first-order chi connectivity index (χ1) is 5.70. The SMILES string of the molecule is C=C(F)/C=C\C(=C)n1cccn1. The molecule has 0 atom stereocenters. The van der Waals surface area contributed by atoms with Crippen LogP contribution in [0.25, 0.3) is 5.70 Å². The third-order valence-electron chi connectivity index (χ3n) is 1.26. The van der Waals surface area contributed by atoms with Crippen molar-refractivity contribution >= 4 is 5.70 Å². The van der Waals surface area contributed by atoms with E-state index >= 15 is 0 Å². The van der Waals surface area contributed by atoms with Crippen LogP contribution < -0.4 is 0 Å². The predicted molar refractivity (Wildman–Crippen MR) is 46.9 cm³/mol. The zero-order valence-electron chi connectivity index (χ0n) is 6.57. The molecule has 1 aromatic rings. The Kier molecular flexibility index (Phi) is 2.58. The first-order valence-corrected chi connectivity index (χ1v) is 3.41. The van der Waals surface area contributed by atoms with Crippen molar-refractivity contribution in [3.05, 3.63) is 49.6 Å². The van der Waals surface area contributed by atoms with E-state index < -0.39 is 5.83 Å². The highest BCUT2D eigenvalue weighted by Crippen LogP contribution is 2.03. The molecular formula is C9H9FN2. The summed E-state index contributed by atoms with van der Waals surface area (Å²) in [6.45, 7) is 6.76. The third kappa shape index (κ3) is 2.20. The van der Waals surface area contributed by atoms with Crippen molar-refractivity contribution in [2.75, 3.05) is 0 Å². The molecule has 1 heterocycles. The van der Waals surface area contributed by atoms with Crippen LogP contribution in [0.1, 0.15) is 0 Å². The molecule has 0 bridgehead atoms. The molecule has 12 heavy (non-hydrogen) atoms. The molecule has 0 amide bonds. The lowest BCUT2D eigenvalue weighted by atomic mass is 10.4. The van der Waals surface area contributed by atoms with Crippen LogP contribution in [0.2, 0.25) is 0 Å². The molecule has 0 radical (unpaired) electrons. The minimum absolute atomic E-state index is 0.497. The van der Waals surface area contributed by atoms with Gasteiger partial charge in [0.15, 0.2) is 0 Å². The molecule has 0 saturated heterocycles. The van der Waals surface area contributed by atoms with Gasteiger partial charge in [-0.25, -0.2) is 9.07 Å². The van der Waals surface area contributed by atoms with Gasteiger partial charge >= 0.3 is 0 Å². The average Bonchev–Trinajstić information content (AvgIpc) is 2.51. The molecule has 0 aliphatic rings. The van der Waals surface area contributed by atoms with Gasteiger partial charge in [0.25, 0.3) is 0 Å². The summed E-state index contributed by atoms with van der Waals surface area (Å²) in [7, 11) is 0. The van der Waals surface area contributed by atoms with E-state index in [1.54, 1.807) is 23.1 Å². The molecule has 0 spiro atoms. The van der Waals surface area contributed by atoms with Crippen LogP contribution in [-0.4, -0.2) is 9.78 Å². The summed E-state index contributed by atoms with van der Waals surface area (Å²) in [6, 6.07) is 1.77. The maximum absolute atomic E-state index is 12.2. The summed E-state index contributed by atoms with van der Waals surface area (Å²) in [4.78, 5) is 0. The van der Waals surface area contributed by atoms with Crippen LogP contribution in [0.3, 0.4) is 0 Å². The molecule has 0 N–H and O–H groups in total. The Morgan fingerprint density at radius 2 is 2.17 bits per heavy atom. The second-order valence-corrected chi connectivity index (χ2v) is 2.22. The number of halogens is 1. The minimum Gasteiger partial charge on any atom is -0.242 e. The Morgan fingerprint density at radius 1 is 1.42 bits per heavy atom. The lowest BCUT2D eigenvalue weighted by Crippen LogP contribution is -1.92. The maximum atomic E-state index is 12.2. The first kappa shape index (κ1) is 8.46.